The number of aliphatic hydroxyl groups is 2. The highest BCUT2D eigenvalue weighted by molar-refractivity contribution is 7.99. The van der Waals surface area contributed by atoms with Crippen molar-refractivity contribution in [1.29, 1.82) is 0 Å². The molecule has 2 aromatic carbocycles. The van der Waals surface area contributed by atoms with Gasteiger partial charge in [0.25, 0.3) is 0 Å². The van der Waals surface area contributed by atoms with Crippen molar-refractivity contribution < 1.29 is 10.2 Å². The fraction of sp³-hybridized carbons (Fsp3) is 0.250. The molecule has 1 aliphatic rings. The van der Waals surface area contributed by atoms with E-state index in [0.717, 1.165) is 21.2 Å². The van der Waals surface area contributed by atoms with E-state index in [1.54, 1.807) is 30.6 Å². The lowest BCUT2D eigenvalue weighted by Crippen LogP contribution is -2.51. The van der Waals surface area contributed by atoms with Crippen LogP contribution >= 0.6 is 11.8 Å². The van der Waals surface area contributed by atoms with Crippen LogP contribution in [-0.4, -0.2) is 27.7 Å². The van der Waals surface area contributed by atoms with Gasteiger partial charge in [-0.25, -0.2) is 0 Å². The van der Waals surface area contributed by atoms with Crippen molar-refractivity contribution in [2.45, 2.75) is 36.1 Å². The van der Waals surface area contributed by atoms with E-state index in [-0.39, 0.29) is 0 Å². The summed E-state index contributed by atoms with van der Waals surface area (Å²) >= 11 is 1.70. The summed E-state index contributed by atoms with van der Waals surface area (Å²) in [7, 11) is 0. The second-order valence-electron chi connectivity index (χ2n) is 4.99. The Morgan fingerprint density at radius 2 is 1.29 bits per heavy atom. The predicted octanol–water partition coefficient (Wildman–Crippen LogP) is 3.18. The van der Waals surface area contributed by atoms with Crippen molar-refractivity contribution in [2.24, 2.45) is 0 Å². The maximum Gasteiger partial charge on any atom is 0.124 e. The molecular weight excluding hydrogens is 284 g/mol. The summed E-state index contributed by atoms with van der Waals surface area (Å²) in [5.41, 5.74) is 1.92. The minimum absolute atomic E-state index is 0.811. The van der Waals surface area contributed by atoms with Gasteiger partial charge in [0.2, 0.25) is 0 Å². The molecule has 2 unspecified atom stereocenters. The minimum Gasteiger partial charge on any atom is -0.377 e. The first-order valence-electron chi connectivity index (χ1n) is 6.90. The zero-order valence-corrected chi connectivity index (χ0v) is 12.8. The monoisotopic (exact) mass is 302 g/mol. The molecule has 2 atom stereocenters. The average molecular weight is 302 g/mol. The molecule has 2 N–H and O–H groups in total. The number of rotatable bonds is 3. The maximum absolute atomic E-state index is 10.1. The summed E-state index contributed by atoms with van der Waals surface area (Å²) in [4.78, 5) is 2.20. The number of anilines is 2. The molecule has 0 spiro atoms. The van der Waals surface area contributed by atoms with Crippen molar-refractivity contribution in [2.75, 3.05) is 5.01 Å². The highest BCUT2D eigenvalue weighted by Gasteiger charge is 2.32. The third-order valence-corrected chi connectivity index (χ3v) is 4.53. The van der Waals surface area contributed by atoms with Crippen LogP contribution in [-0.2, 0) is 0 Å². The van der Waals surface area contributed by atoms with Gasteiger partial charge in [0.1, 0.15) is 12.5 Å². The van der Waals surface area contributed by atoms with Crippen molar-refractivity contribution in [3.63, 3.8) is 0 Å². The summed E-state index contributed by atoms with van der Waals surface area (Å²) in [6, 6.07) is 16.0. The van der Waals surface area contributed by atoms with Gasteiger partial charge in [-0.1, -0.05) is 36.0 Å². The molecule has 110 valence electrons. The molecule has 0 aromatic heterocycles. The zero-order valence-electron chi connectivity index (χ0n) is 12.0. The molecule has 1 heterocycles. The highest BCUT2D eigenvalue weighted by Crippen LogP contribution is 2.48. The Bertz CT molecular complexity index is 592. The number of hydrazine groups is 1. The molecule has 4 nitrogen and oxygen atoms in total. The zero-order chi connectivity index (χ0) is 15.0. The van der Waals surface area contributed by atoms with E-state index in [1.165, 1.54) is 0 Å². The van der Waals surface area contributed by atoms with E-state index in [2.05, 4.69) is 0 Å². The Balaban J connectivity index is 2.18. The molecule has 5 heteroatoms. The molecular formula is C16H18N2O2S. The van der Waals surface area contributed by atoms with Crippen LogP contribution in [0.2, 0.25) is 0 Å². The Kier molecular flexibility index (Phi) is 3.91. The summed E-state index contributed by atoms with van der Waals surface area (Å²) < 4.78 is 0. The number of hydrogen-bond donors (Lipinski definition) is 2. The van der Waals surface area contributed by atoms with E-state index in [4.69, 9.17) is 0 Å². The third kappa shape index (κ3) is 2.53. The third-order valence-electron chi connectivity index (χ3n) is 3.40. The SMILES string of the molecule is CC(O)N(C(C)O)N1c2ccccc2Sc2ccccc21. The van der Waals surface area contributed by atoms with E-state index >= 15 is 0 Å². The van der Waals surface area contributed by atoms with Crippen molar-refractivity contribution in [3.05, 3.63) is 48.5 Å². The van der Waals surface area contributed by atoms with Crippen LogP contribution in [0.15, 0.2) is 58.3 Å². The van der Waals surface area contributed by atoms with Gasteiger partial charge >= 0.3 is 0 Å². The first-order chi connectivity index (χ1) is 10.1. The first kappa shape index (κ1) is 14.4. The van der Waals surface area contributed by atoms with Gasteiger partial charge < -0.3 is 10.2 Å². The van der Waals surface area contributed by atoms with Gasteiger partial charge in [-0.05, 0) is 38.1 Å². The number of aliphatic hydroxyl groups excluding tert-OH is 2. The lowest BCUT2D eigenvalue weighted by Gasteiger charge is -2.43. The molecule has 0 saturated carbocycles. The summed E-state index contributed by atoms with van der Waals surface area (Å²) in [5, 5.41) is 23.7. The first-order valence-corrected chi connectivity index (χ1v) is 7.71. The normalized spacial score (nSPS) is 16.3. The van der Waals surface area contributed by atoms with Gasteiger partial charge in [0.15, 0.2) is 0 Å². The fourth-order valence-corrected chi connectivity index (χ4v) is 3.63. The largest absolute Gasteiger partial charge is 0.377 e. The van der Waals surface area contributed by atoms with Crippen LogP contribution in [0, 0.1) is 0 Å². The smallest absolute Gasteiger partial charge is 0.124 e. The Morgan fingerprint density at radius 3 is 1.71 bits per heavy atom. The lowest BCUT2D eigenvalue weighted by molar-refractivity contribution is -0.0848. The summed E-state index contributed by atoms with van der Waals surface area (Å²) in [6.07, 6.45) is -1.62. The highest BCUT2D eigenvalue weighted by atomic mass is 32.2. The Hall–Kier alpha value is -1.53. The molecule has 0 fully saturated rings. The number of fused-ring (bicyclic) bond motifs is 2. The molecule has 0 aliphatic carbocycles. The number of para-hydroxylation sites is 2. The van der Waals surface area contributed by atoms with Gasteiger partial charge in [-0.2, -0.15) is 5.01 Å². The Labute approximate surface area is 128 Å². The van der Waals surface area contributed by atoms with E-state index in [1.807, 2.05) is 53.5 Å². The van der Waals surface area contributed by atoms with E-state index in [9.17, 15) is 10.2 Å². The molecule has 0 amide bonds. The van der Waals surface area contributed by atoms with Crippen LogP contribution in [0.4, 0.5) is 11.4 Å². The minimum atomic E-state index is -0.811. The van der Waals surface area contributed by atoms with Gasteiger partial charge in [-0.15, -0.1) is 0 Å². The van der Waals surface area contributed by atoms with Crippen molar-refractivity contribution in [1.82, 2.24) is 5.01 Å². The van der Waals surface area contributed by atoms with Gasteiger partial charge in [-0.3, -0.25) is 5.01 Å². The molecule has 21 heavy (non-hydrogen) atoms. The number of hydrogen-bond acceptors (Lipinski definition) is 5. The molecule has 0 bridgehead atoms. The molecule has 0 saturated heterocycles. The topological polar surface area (TPSA) is 46.9 Å². The standard InChI is InChI=1S/C16H18N2O2S/c1-11(19)17(12(2)20)18-13-7-3-5-9-15(13)21-16-10-6-4-8-14(16)18/h3-12,19-20H,1-2H3. The van der Waals surface area contributed by atoms with Crippen LogP contribution in [0.25, 0.3) is 0 Å². The second kappa shape index (κ2) is 5.69. The van der Waals surface area contributed by atoms with Crippen LogP contribution in [0.1, 0.15) is 13.8 Å². The predicted molar refractivity (Wildman–Crippen MR) is 84.3 cm³/mol. The lowest BCUT2D eigenvalue weighted by atomic mass is 10.2. The van der Waals surface area contributed by atoms with E-state index in [0.29, 0.717) is 0 Å². The van der Waals surface area contributed by atoms with Crippen LogP contribution in [0.5, 0.6) is 0 Å². The summed E-state index contributed by atoms with van der Waals surface area (Å²) in [6.45, 7) is 3.30. The number of nitrogens with zero attached hydrogens (tertiary/aromatic N) is 2. The Morgan fingerprint density at radius 1 is 0.857 bits per heavy atom. The fourth-order valence-electron chi connectivity index (χ4n) is 2.58. The summed E-state index contributed by atoms with van der Waals surface area (Å²) in [5.74, 6) is 0. The van der Waals surface area contributed by atoms with Gasteiger partial charge in [0, 0.05) is 9.79 Å². The second-order valence-corrected chi connectivity index (χ2v) is 6.08. The molecule has 1 aliphatic heterocycles. The van der Waals surface area contributed by atoms with Gasteiger partial charge in [0.05, 0.1) is 11.4 Å². The quantitative estimate of drug-likeness (QED) is 0.853. The van der Waals surface area contributed by atoms with Crippen molar-refractivity contribution >= 4 is 23.1 Å². The molecule has 2 aromatic rings. The number of benzene rings is 2. The van der Waals surface area contributed by atoms with Crippen LogP contribution in [0.3, 0.4) is 0 Å². The molecule has 0 radical (unpaired) electrons. The van der Waals surface area contributed by atoms with Crippen LogP contribution < -0.4 is 5.01 Å². The van der Waals surface area contributed by atoms with Crippen molar-refractivity contribution in [3.8, 4) is 0 Å². The molecule has 3 rings (SSSR count). The van der Waals surface area contributed by atoms with E-state index < -0.39 is 12.5 Å². The average Bonchev–Trinajstić information content (AvgIpc) is 2.46. The maximum atomic E-state index is 10.1.